The molecule has 1 amide bonds. The van der Waals surface area contributed by atoms with E-state index in [-0.39, 0.29) is 17.8 Å². The molecule has 0 radical (unpaired) electrons. The second-order valence-electron chi connectivity index (χ2n) is 6.44. The quantitative estimate of drug-likeness (QED) is 0.866. The Kier molecular flexibility index (Phi) is 4.52. The Morgan fingerprint density at radius 1 is 1.33 bits per heavy atom. The Balaban J connectivity index is 2.09. The van der Waals surface area contributed by atoms with Crippen molar-refractivity contribution in [3.8, 4) is 0 Å². The van der Waals surface area contributed by atoms with E-state index in [0.29, 0.717) is 19.5 Å². The van der Waals surface area contributed by atoms with Gasteiger partial charge in [0, 0.05) is 19.0 Å². The summed E-state index contributed by atoms with van der Waals surface area (Å²) in [4.78, 5) is 13.7. The molecule has 1 aromatic rings. The van der Waals surface area contributed by atoms with Crippen LogP contribution >= 0.6 is 0 Å². The number of hydrogen-bond acceptors (Lipinski definition) is 3. The predicted molar refractivity (Wildman–Crippen MR) is 77.6 cm³/mol. The summed E-state index contributed by atoms with van der Waals surface area (Å²) in [6, 6.07) is 6.05. The number of aliphatic hydroxyl groups excluding tert-OH is 1. The highest BCUT2D eigenvalue weighted by atomic mass is 19.1. The molecule has 1 saturated heterocycles. The fraction of sp³-hybridized carbons (Fsp3) is 0.562. The number of carbonyl (C=O) groups is 1. The zero-order valence-corrected chi connectivity index (χ0v) is 12.7. The summed E-state index contributed by atoms with van der Waals surface area (Å²) in [5, 5.41) is 10.2. The molecule has 0 unspecified atom stereocenters. The second-order valence-corrected chi connectivity index (χ2v) is 6.44. The number of ether oxygens (including phenoxy) is 1. The van der Waals surface area contributed by atoms with E-state index < -0.39 is 11.7 Å². The predicted octanol–water partition coefficient (Wildman–Crippen LogP) is 2.91. The van der Waals surface area contributed by atoms with Crippen molar-refractivity contribution in [3.63, 3.8) is 0 Å². The highest BCUT2D eigenvalue weighted by molar-refractivity contribution is 5.68. The zero-order valence-electron chi connectivity index (χ0n) is 12.7. The smallest absolute Gasteiger partial charge is 0.410 e. The summed E-state index contributed by atoms with van der Waals surface area (Å²) >= 11 is 0. The lowest BCUT2D eigenvalue weighted by Gasteiger charge is -2.37. The van der Waals surface area contributed by atoms with Gasteiger partial charge in [-0.25, -0.2) is 9.18 Å². The van der Waals surface area contributed by atoms with E-state index in [9.17, 15) is 14.3 Å². The number of halogens is 1. The molecule has 1 aliphatic rings. The first-order valence-corrected chi connectivity index (χ1v) is 7.18. The SMILES string of the molecule is CC(C)(C)OC(=O)N1CC[C@@H](O)[C@H](c2ccc(F)cc2)C1. The number of piperidine rings is 1. The highest BCUT2D eigenvalue weighted by Gasteiger charge is 2.33. The molecule has 5 heteroatoms. The van der Waals surface area contributed by atoms with Crippen molar-refractivity contribution in [3.05, 3.63) is 35.6 Å². The summed E-state index contributed by atoms with van der Waals surface area (Å²) < 4.78 is 18.4. The zero-order chi connectivity index (χ0) is 15.6. The minimum atomic E-state index is -0.543. The minimum absolute atomic E-state index is 0.216. The van der Waals surface area contributed by atoms with Crippen LogP contribution in [0.25, 0.3) is 0 Å². The van der Waals surface area contributed by atoms with Crippen molar-refractivity contribution in [2.75, 3.05) is 13.1 Å². The molecule has 0 aromatic heterocycles. The van der Waals surface area contributed by atoms with Gasteiger partial charge in [0.1, 0.15) is 11.4 Å². The van der Waals surface area contributed by atoms with Crippen molar-refractivity contribution < 1.29 is 19.0 Å². The molecule has 0 aliphatic carbocycles. The Morgan fingerprint density at radius 3 is 2.52 bits per heavy atom. The Bertz CT molecular complexity index is 495. The van der Waals surface area contributed by atoms with Gasteiger partial charge in [0.2, 0.25) is 0 Å². The van der Waals surface area contributed by atoms with Crippen molar-refractivity contribution in [2.24, 2.45) is 0 Å². The summed E-state index contributed by atoms with van der Waals surface area (Å²) in [5.74, 6) is -0.528. The van der Waals surface area contributed by atoms with Crippen LogP contribution in [0.1, 0.15) is 38.7 Å². The van der Waals surface area contributed by atoms with Crippen LogP contribution in [0.3, 0.4) is 0 Å². The first kappa shape index (κ1) is 15.8. The van der Waals surface area contributed by atoms with E-state index in [1.807, 2.05) is 20.8 Å². The molecule has 2 rings (SSSR count). The third kappa shape index (κ3) is 4.17. The van der Waals surface area contributed by atoms with Crippen molar-refractivity contribution in [1.29, 1.82) is 0 Å². The Morgan fingerprint density at radius 2 is 1.95 bits per heavy atom. The lowest BCUT2D eigenvalue weighted by molar-refractivity contribution is 0.00406. The van der Waals surface area contributed by atoms with Gasteiger partial charge in [-0.15, -0.1) is 0 Å². The molecular formula is C16H22FNO3. The van der Waals surface area contributed by atoms with Crippen molar-refractivity contribution in [2.45, 2.75) is 44.8 Å². The number of benzene rings is 1. The average Bonchev–Trinajstić information content (AvgIpc) is 2.38. The van der Waals surface area contributed by atoms with Gasteiger partial charge in [-0.1, -0.05) is 12.1 Å². The number of rotatable bonds is 1. The van der Waals surface area contributed by atoms with Gasteiger partial charge < -0.3 is 14.7 Å². The summed E-state index contributed by atoms with van der Waals surface area (Å²) in [6.07, 6.45) is -0.419. The normalized spacial score (nSPS) is 23.0. The third-order valence-electron chi connectivity index (χ3n) is 3.53. The lowest BCUT2D eigenvalue weighted by atomic mass is 9.88. The van der Waals surface area contributed by atoms with Gasteiger partial charge in [-0.2, -0.15) is 0 Å². The van der Waals surface area contributed by atoms with Gasteiger partial charge in [0.25, 0.3) is 0 Å². The maximum atomic E-state index is 13.0. The maximum absolute atomic E-state index is 13.0. The fourth-order valence-electron chi connectivity index (χ4n) is 2.47. The van der Waals surface area contributed by atoms with Crippen molar-refractivity contribution in [1.82, 2.24) is 4.90 Å². The Hall–Kier alpha value is -1.62. The molecule has 21 heavy (non-hydrogen) atoms. The van der Waals surface area contributed by atoms with E-state index in [1.165, 1.54) is 12.1 Å². The number of hydrogen-bond donors (Lipinski definition) is 1. The van der Waals surface area contributed by atoms with Crippen LogP contribution in [0.4, 0.5) is 9.18 Å². The van der Waals surface area contributed by atoms with Crippen LogP contribution in [0.5, 0.6) is 0 Å². The van der Waals surface area contributed by atoms with E-state index in [4.69, 9.17) is 4.74 Å². The van der Waals surface area contributed by atoms with Crippen LogP contribution in [0, 0.1) is 5.82 Å². The molecule has 1 aliphatic heterocycles. The van der Waals surface area contributed by atoms with Gasteiger partial charge in [0.05, 0.1) is 6.10 Å². The second kappa shape index (κ2) is 6.02. The molecule has 4 nitrogen and oxygen atoms in total. The van der Waals surface area contributed by atoms with E-state index in [1.54, 1.807) is 17.0 Å². The summed E-state index contributed by atoms with van der Waals surface area (Å²) in [6.45, 7) is 6.30. The van der Waals surface area contributed by atoms with E-state index in [0.717, 1.165) is 5.56 Å². The molecule has 1 aromatic carbocycles. The number of carbonyl (C=O) groups excluding carboxylic acids is 1. The third-order valence-corrected chi connectivity index (χ3v) is 3.53. The van der Waals surface area contributed by atoms with E-state index in [2.05, 4.69) is 0 Å². The number of aliphatic hydroxyl groups is 1. The standard InChI is InChI=1S/C16H22FNO3/c1-16(2,3)21-15(20)18-9-8-14(19)13(10-18)11-4-6-12(17)7-5-11/h4-7,13-14,19H,8-10H2,1-3H3/t13-,14+/m0/s1. The summed E-state index contributed by atoms with van der Waals surface area (Å²) in [5.41, 5.74) is 0.288. The van der Waals surface area contributed by atoms with Crippen LogP contribution in [-0.4, -0.2) is 40.9 Å². The fourth-order valence-corrected chi connectivity index (χ4v) is 2.47. The van der Waals surface area contributed by atoms with Gasteiger partial charge >= 0.3 is 6.09 Å². The number of nitrogens with zero attached hydrogens (tertiary/aromatic N) is 1. The average molecular weight is 295 g/mol. The molecule has 1 heterocycles. The molecule has 0 spiro atoms. The number of amides is 1. The monoisotopic (exact) mass is 295 g/mol. The molecule has 1 fully saturated rings. The molecule has 1 N–H and O–H groups in total. The van der Waals surface area contributed by atoms with Crippen LogP contribution in [0.2, 0.25) is 0 Å². The number of likely N-dealkylation sites (tertiary alicyclic amines) is 1. The molecule has 2 atom stereocenters. The van der Waals surface area contributed by atoms with Gasteiger partial charge in [-0.3, -0.25) is 0 Å². The van der Waals surface area contributed by atoms with Crippen LogP contribution in [-0.2, 0) is 4.74 Å². The van der Waals surface area contributed by atoms with Crippen molar-refractivity contribution >= 4 is 6.09 Å². The topological polar surface area (TPSA) is 49.8 Å². The minimum Gasteiger partial charge on any atom is -0.444 e. The van der Waals surface area contributed by atoms with E-state index >= 15 is 0 Å². The first-order valence-electron chi connectivity index (χ1n) is 7.18. The molecule has 0 saturated carbocycles. The van der Waals surface area contributed by atoms with Gasteiger partial charge in [-0.05, 0) is 44.9 Å². The molecule has 116 valence electrons. The largest absolute Gasteiger partial charge is 0.444 e. The molecular weight excluding hydrogens is 273 g/mol. The first-order chi connectivity index (χ1) is 9.76. The van der Waals surface area contributed by atoms with Crippen LogP contribution in [0.15, 0.2) is 24.3 Å². The van der Waals surface area contributed by atoms with Crippen LogP contribution < -0.4 is 0 Å². The summed E-state index contributed by atoms with van der Waals surface area (Å²) in [7, 11) is 0. The highest BCUT2D eigenvalue weighted by Crippen LogP contribution is 2.28. The van der Waals surface area contributed by atoms with Gasteiger partial charge in [0.15, 0.2) is 0 Å². The Labute approximate surface area is 124 Å². The lowest BCUT2D eigenvalue weighted by Crippen LogP contribution is -2.46. The maximum Gasteiger partial charge on any atom is 0.410 e. The molecule has 0 bridgehead atoms.